The van der Waals surface area contributed by atoms with Gasteiger partial charge in [0.05, 0.1) is 11.8 Å². The Morgan fingerprint density at radius 2 is 2.29 bits per heavy atom. The van der Waals surface area contributed by atoms with Crippen molar-refractivity contribution in [1.82, 2.24) is 5.32 Å². The van der Waals surface area contributed by atoms with Gasteiger partial charge in [-0.1, -0.05) is 12.1 Å². The van der Waals surface area contributed by atoms with Gasteiger partial charge in [-0.15, -0.1) is 11.3 Å². The van der Waals surface area contributed by atoms with Crippen LogP contribution >= 0.6 is 11.3 Å². The fraction of sp³-hybridized carbons (Fsp3) is 0.438. The van der Waals surface area contributed by atoms with E-state index >= 15 is 0 Å². The summed E-state index contributed by atoms with van der Waals surface area (Å²) in [6.07, 6.45) is 1.92. The standard InChI is InChI=1S/C16H20N2O2S/c1-9-3-4-12-13(7-9)21-15(14(12)17)16(19)18-11-5-6-20-10(2)8-11/h3-4,7,10-11H,5-6,8,17H2,1-2H3,(H,18,19). The van der Waals surface area contributed by atoms with Crippen LogP contribution in [-0.4, -0.2) is 24.7 Å². The molecule has 1 amide bonds. The normalized spacial score (nSPS) is 22.4. The summed E-state index contributed by atoms with van der Waals surface area (Å²) >= 11 is 1.47. The molecule has 21 heavy (non-hydrogen) atoms. The largest absolute Gasteiger partial charge is 0.397 e. The van der Waals surface area contributed by atoms with Crippen LogP contribution in [0.3, 0.4) is 0 Å². The molecule has 0 radical (unpaired) electrons. The number of anilines is 1. The van der Waals surface area contributed by atoms with Gasteiger partial charge in [-0.3, -0.25) is 4.79 Å². The number of thiophene rings is 1. The first-order valence-electron chi connectivity index (χ1n) is 7.25. The van der Waals surface area contributed by atoms with Crippen molar-refractivity contribution in [1.29, 1.82) is 0 Å². The van der Waals surface area contributed by atoms with Gasteiger partial charge in [0.15, 0.2) is 0 Å². The molecular weight excluding hydrogens is 284 g/mol. The number of rotatable bonds is 2. The SMILES string of the molecule is Cc1ccc2c(N)c(C(=O)NC3CCOC(C)C3)sc2c1. The van der Waals surface area contributed by atoms with Gasteiger partial charge in [-0.05, 0) is 38.3 Å². The third-order valence-corrected chi connectivity index (χ3v) is 5.08. The van der Waals surface area contributed by atoms with E-state index in [4.69, 9.17) is 10.5 Å². The molecule has 1 aliphatic rings. The molecular formula is C16H20N2O2S. The van der Waals surface area contributed by atoms with E-state index < -0.39 is 0 Å². The molecule has 1 saturated heterocycles. The van der Waals surface area contributed by atoms with E-state index in [2.05, 4.69) is 11.4 Å². The molecule has 2 unspecified atom stereocenters. The van der Waals surface area contributed by atoms with Gasteiger partial charge in [-0.25, -0.2) is 0 Å². The molecule has 3 rings (SSSR count). The fourth-order valence-electron chi connectivity index (χ4n) is 2.77. The van der Waals surface area contributed by atoms with Crippen molar-refractivity contribution in [3.05, 3.63) is 28.6 Å². The van der Waals surface area contributed by atoms with E-state index in [0.717, 1.165) is 22.9 Å². The number of hydrogen-bond acceptors (Lipinski definition) is 4. The van der Waals surface area contributed by atoms with Crippen LogP contribution in [0, 0.1) is 6.92 Å². The first kappa shape index (κ1) is 14.4. The highest BCUT2D eigenvalue weighted by molar-refractivity contribution is 7.21. The second-order valence-corrected chi connectivity index (χ2v) is 6.77. The molecule has 0 bridgehead atoms. The van der Waals surface area contributed by atoms with E-state index in [1.807, 2.05) is 26.0 Å². The van der Waals surface area contributed by atoms with E-state index in [0.29, 0.717) is 17.2 Å². The average Bonchev–Trinajstić information content (AvgIpc) is 2.75. The lowest BCUT2D eigenvalue weighted by molar-refractivity contribution is 0.0137. The lowest BCUT2D eigenvalue weighted by atomic mass is 10.0. The molecule has 2 atom stereocenters. The number of carbonyl (C=O) groups excluding carboxylic acids is 1. The number of nitrogens with one attached hydrogen (secondary N) is 1. The Labute approximate surface area is 128 Å². The molecule has 112 valence electrons. The number of nitrogen functional groups attached to an aromatic ring is 1. The molecule has 4 nitrogen and oxygen atoms in total. The molecule has 0 spiro atoms. The van der Waals surface area contributed by atoms with Gasteiger partial charge in [0.25, 0.3) is 5.91 Å². The predicted molar refractivity (Wildman–Crippen MR) is 86.9 cm³/mol. The van der Waals surface area contributed by atoms with Gasteiger partial charge >= 0.3 is 0 Å². The summed E-state index contributed by atoms with van der Waals surface area (Å²) in [4.78, 5) is 13.1. The van der Waals surface area contributed by atoms with Crippen LogP contribution in [0.1, 0.15) is 35.0 Å². The van der Waals surface area contributed by atoms with Gasteiger partial charge in [0.2, 0.25) is 0 Å². The second kappa shape index (κ2) is 5.66. The lowest BCUT2D eigenvalue weighted by Crippen LogP contribution is -2.41. The number of hydrogen-bond donors (Lipinski definition) is 2. The Bertz CT molecular complexity index is 680. The number of fused-ring (bicyclic) bond motifs is 1. The van der Waals surface area contributed by atoms with Crippen molar-refractivity contribution in [2.75, 3.05) is 12.3 Å². The summed E-state index contributed by atoms with van der Waals surface area (Å²) in [5, 5.41) is 4.06. The second-order valence-electron chi connectivity index (χ2n) is 5.72. The van der Waals surface area contributed by atoms with E-state index in [-0.39, 0.29) is 18.1 Å². The summed E-state index contributed by atoms with van der Waals surface area (Å²) in [6, 6.07) is 6.26. The van der Waals surface area contributed by atoms with Crippen LogP contribution < -0.4 is 11.1 Å². The van der Waals surface area contributed by atoms with Gasteiger partial charge in [0, 0.05) is 22.7 Å². The Hall–Kier alpha value is -1.59. The minimum atomic E-state index is -0.0644. The quantitative estimate of drug-likeness (QED) is 0.896. The maximum Gasteiger partial charge on any atom is 0.263 e. The molecule has 1 fully saturated rings. The number of amides is 1. The molecule has 1 aliphatic heterocycles. The number of nitrogens with two attached hydrogens (primary N) is 1. The third kappa shape index (κ3) is 2.89. The smallest absolute Gasteiger partial charge is 0.263 e. The Morgan fingerprint density at radius 3 is 3.05 bits per heavy atom. The van der Waals surface area contributed by atoms with E-state index in [1.54, 1.807) is 0 Å². The first-order valence-corrected chi connectivity index (χ1v) is 8.07. The molecule has 0 aliphatic carbocycles. The molecule has 3 N–H and O–H groups in total. The van der Waals surface area contributed by atoms with Gasteiger partial charge in [-0.2, -0.15) is 0 Å². The van der Waals surface area contributed by atoms with Crippen LogP contribution in [0.5, 0.6) is 0 Å². The summed E-state index contributed by atoms with van der Waals surface area (Å²) in [7, 11) is 0. The molecule has 5 heteroatoms. The number of ether oxygens (including phenoxy) is 1. The van der Waals surface area contributed by atoms with E-state index in [9.17, 15) is 4.79 Å². The molecule has 2 heterocycles. The highest BCUT2D eigenvalue weighted by Gasteiger charge is 2.23. The summed E-state index contributed by atoms with van der Waals surface area (Å²) in [6.45, 7) is 4.78. The van der Waals surface area contributed by atoms with Crippen molar-refractivity contribution in [2.45, 2.75) is 38.8 Å². The zero-order valence-electron chi connectivity index (χ0n) is 12.3. The number of aryl methyl sites for hydroxylation is 1. The van der Waals surface area contributed by atoms with Crippen LogP contribution in [0.4, 0.5) is 5.69 Å². The van der Waals surface area contributed by atoms with E-state index in [1.165, 1.54) is 16.9 Å². The van der Waals surface area contributed by atoms with Crippen LogP contribution in [-0.2, 0) is 4.74 Å². The predicted octanol–water partition coefficient (Wildman–Crippen LogP) is 3.09. The average molecular weight is 304 g/mol. The van der Waals surface area contributed by atoms with Crippen molar-refractivity contribution < 1.29 is 9.53 Å². The maximum atomic E-state index is 12.5. The van der Waals surface area contributed by atoms with Crippen molar-refractivity contribution in [3.8, 4) is 0 Å². The zero-order chi connectivity index (χ0) is 15.0. The Kier molecular flexibility index (Phi) is 3.87. The summed E-state index contributed by atoms with van der Waals surface area (Å²) in [5.74, 6) is -0.0644. The molecule has 1 aromatic heterocycles. The highest BCUT2D eigenvalue weighted by Crippen LogP contribution is 2.34. The molecule has 1 aromatic carbocycles. The van der Waals surface area contributed by atoms with Crippen LogP contribution in [0.15, 0.2) is 18.2 Å². The topological polar surface area (TPSA) is 64.4 Å². The lowest BCUT2D eigenvalue weighted by Gasteiger charge is -2.27. The summed E-state index contributed by atoms with van der Waals surface area (Å²) in [5.41, 5.74) is 7.91. The van der Waals surface area contributed by atoms with Gasteiger partial charge in [0.1, 0.15) is 4.88 Å². The third-order valence-electron chi connectivity index (χ3n) is 3.91. The van der Waals surface area contributed by atoms with Crippen LogP contribution in [0.2, 0.25) is 0 Å². The monoisotopic (exact) mass is 304 g/mol. The first-order chi connectivity index (χ1) is 10.0. The Morgan fingerprint density at radius 1 is 1.48 bits per heavy atom. The van der Waals surface area contributed by atoms with Crippen LogP contribution in [0.25, 0.3) is 10.1 Å². The summed E-state index contributed by atoms with van der Waals surface area (Å²) < 4.78 is 6.57. The molecule has 0 saturated carbocycles. The van der Waals surface area contributed by atoms with Crippen molar-refractivity contribution in [3.63, 3.8) is 0 Å². The van der Waals surface area contributed by atoms with Gasteiger partial charge < -0.3 is 15.8 Å². The highest BCUT2D eigenvalue weighted by atomic mass is 32.1. The number of benzene rings is 1. The number of carbonyl (C=O) groups is 1. The maximum absolute atomic E-state index is 12.5. The zero-order valence-corrected chi connectivity index (χ0v) is 13.1. The van der Waals surface area contributed by atoms with Crippen molar-refractivity contribution in [2.24, 2.45) is 0 Å². The Balaban J connectivity index is 1.82. The molecule has 2 aromatic rings. The minimum Gasteiger partial charge on any atom is -0.397 e. The minimum absolute atomic E-state index is 0.0644. The van der Waals surface area contributed by atoms with Crippen molar-refractivity contribution >= 4 is 33.0 Å². The fourth-order valence-corrected chi connectivity index (χ4v) is 3.90.